The summed E-state index contributed by atoms with van der Waals surface area (Å²) in [5.74, 6) is -1.30. The number of hydrogen-bond donors (Lipinski definition) is 3. The summed E-state index contributed by atoms with van der Waals surface area (Å²) in [6, 6.07) is 6.74. The number of carboxylic acid groups (broad SMARTS) is 1. The largest absolute Gasteiger partial charge is 0.506 e. The smallest absolute Gasteiger partial charge is 0.326 e. The molecule has 9 heteroatoms. The molecule has 7 nitrogen and oxygen atoms in total. The first-order valence-corrected chi connectivity index (χ1v) is 10.0. The third-order valence-corrected chi connectivity index (χ3v) is 5.25. The molecule has 0 aliphatic heterocycles. The molecule has 0 spiro atoms. The van der Waals surface area contributed by atoms with Gasteiger partial charge in [-0.2, -0.15) is 0 Å². The predicted molar refractivity (Wildman–Crippen MR) is 116 cm³/mol. The normalized spacial score (nSPS) is 12.3. The maximum Gasteiger partial charge on any atom is 0.326 e. The topological polar surface area (TPSA) is 104 Å². The van der Waals surface area contributed by atoms with Gasteiger partial charge in [0.1, 0.15) is 17.6 Å². The number of carboxylic acids is 1. The molecular formula is C21H21Cl2N3O4. The average molecular weight is 450 g/mol. The van der Waals surface area contributed by atoms with Gasteiger partial charge in [0.05, 0.1) is 21.6 Å². The fraction of sp³-hybridized carbons (Fsp3) is 0.286. The standard InChI is InChI=1S/C21H21Cl2N3O4/c1-10(2)6-17(21(29)30)26-16-5-4-11(20(28)24-3)7-15(16)25-19(26)13-8-12(22)9-14(23)18(13)27/h4-5,7-10,17,27H,6H2,1-3H3,(H,24,28)(H,29,30). The van der Waals surface area contributed by atoms with Gasteiger partial charge in [-0.25, -0.2) is 9.78 Å². The molecule has 1 aromatic heterocycles. The number of aliphatic carboxylic acids is 1. The van der Waals surface area contributed by atoms with E-state index >= 15 is 0 Å². The van der Waals surface area contributed by atoms with Gasteiger partial charge in [0, 0.05) is 17.6 Å². The molecule has 2 aromatic carbocycles. The SMILES string of the molecule is CNC(=O)c1ccc2c(c1)nc(-c1cc(Cl)cc(Cl)c1O)n2C(CC(C)C)C(=O)O. The highest BCUT2D eigenvalue weighted by atomic mass is 35.5. The van der Waals surface area contributed by atoms with Gasteiger partial charge in [-0.1, -0.05) is 37.0 Å². The summed E-state index contributed by atoms with van der Waals surface area (Å²) in [7, 11) is 1.52. The number of imidazole rings is 1. The van der Waals surface area contributed by atoms with E-state index in [2.05, 4.69) is 10.3 Å². The number of nitrogens with zero attached hydrogens (tertiary/aromatic N) is 2. The number of fused-ring (bicyclic) bond motifs is 1. The number of amides is 1. The van der Waals surface area contributed by atoms with Crippen LogP contribution < -0.4 is 5.32 Å². The van der Waals surface area contributed by atoms with Gasteiger partial charge in [0.2, 0.25) is 0 Å². The van der Waals surface area contributed by atoms with Crippen molar-refractivity contribution < 1.29 is 19.8 Å². The molecule has 1 amide bonds. The van der Waals surface area contributed by atoms with Crippen LogP contribution in [0.2, 0.25) is 10.0 Å². The summed E-state index contributed by atoms with van der Waals surface area (Å²) in [6.45, 7) is 3.85. The Morgan fingerprint density at radius 1 is 1.20 bits per heavy atom. The summed E-state index contributed by atoms with van der Waals surface area (Å²) in [4.78, 5) is 28.8. The summed E-state index contributed by atoms with van der Waals surface area (Å²) in [5, 5.41) is 23.4. The second-order valence-electron chi connectivity index (χ2n) is 7.36. The van der Waals surface area contributed by atoms with Gasteiger partial charge in [-0.15, -0.1) is 0 Å². The number of rotatable bonds is 6. The summed E-state index contributed by atoms with van der Waals surface area (Å²) < 4.78 is 1.55. The molecular weight excluding hydrogens is 429 g/mol. The molecule has 0 saturated heterocycles. The Morgan fingerprint density at radius 3 is 2.50 bits per heavy atom. The van der Waals surface area contributed by atoms with Gasteiger partial charge < -0.3 is 20.1 Å². The molecule has 0 saturated carbocycles. The van der Waals surface area contributed by atoms with Gasteiger partial charge in [0.25, 0.3) is 5.91 Å². The first kappa shape index (κ1) is 21.9. The lowest BCUT2D eigenvalue weighted by molar-refractivity contribution is -0.141. The van der Waals surface area contributed by atoms with Crippen LogP contribution in [-0.2, 0) is 4.79 Å². The fourth-order valence-electron chi connectivity index (χ4n) is 3.39. The molecule has 1 unspecified atom stereocenters. The minimum absolute atomic E-state index is 0.0258. The van der Waals surface area contributed by atoms with Crippen molar-refractivity contribution in [2.24, 2.45) is 5.92 Å². The van der Waals surface area contributed by atoms with Crippen molar-refractivity contribution in [2.45, 2.75) is 26.3 Å². The maximum atomic E-state index is 12.2. The zero-order chi connectivity index (χ0) is 22.2. The molecule has 0 radical (unpaired) electrons. The lowest BCUT2D eigenvalue weighted by Gasteiger charge is -2.20. The predicted octanol–water partition coefficient (Wildman–Crippen LogP) is 4.75. The van der Waals surface area contributed by atoms with E-state index in [4.69, 9.17) is 23.2 Å². The quantitative estimate of drug-likeness (QED) is 0.503. The Balaban J connectivity index is 2.37. The zero-order valence-corrected chi connectivity index (χ0v) is 18.1. The zero-order valence-electron chi connectivity index (χ0n) is 16.6. The molecule has 0 bridgehead atoms. The van der Waals surface area contributed by atoms with Crippen molar-refractivity contribution >= 4 is 46.1 Å². The number of benzene rings is 2. The first-order valence-electron chi connectivity index (χ1n) is 9.29. The number of nitrogens with one attached hydrogen (secondary N) is 1. The fourth-order valence-corrected chi connectivity index (χ4v) is 3.88. The van der Waals surface area contributed by atoms with E-state index in [-0.39, 0.29) is 39.0 Å². The number of phenolic OH excluding ortho intramolecular Hbond substituents is 1. The number of carbonyl (C=O) groups is 2. The average Bonchev–Trinajstić information content (AvgIpc) is 3.05. The van der Waals surface area contributed by atoms with Crippen molar-refractivity contribution in [1.29, 1.82) is 0 Å². The molecule has 1 heterocycles. The molecule has 3 aromatic rings. The molecule has 158 valence electrons. The van der Waals surface area contributed by atoms with E-state index in [0.717, 1.165) is 0 Å². The molecule has 30 heavy (non-hydrogen) atoms. The highest BCUT2D eigenvalue weighted by Gasteiger charge is 2.28. The van der Waals surface area contributed by atoms with Crippen LogP contribution in [0.4, 0.5) is 0 Å². The van der Waals surface area contributed by atoms with Crippen molar-refractivity contribution in [3.8, 4) is 17.1 Å². The number of aromatic hydroxyl groups is 1. The van der Waals surface area contributed by atoms with E-state index in [1.54, 1.807) is 22.8 Å². The van der Waals surface area contributed by atoms with Crippen LogP contribution >= 0.6 is 23.2 Å². The number of halogens is 2. The first-order chi connectivity index (χ1) is 14.1. The minimum atomic E-state index is -1.03. The van der Waals surface area contributed by atoms with E-state index < -0.39 is 12.0 Å². The van der Waals surface area contributed by atoms with E-state index in [1.807, 2.05) is 13.8 Å². The molecule has 0 aliphatic rings. The number of hydrogen-bond acceptors (Lipinski definition) is 4. The van der Waals surface area contributed by atoms with E-state index in [0.29, 0.717) is 23.0 Å². The Labute approximate surface area is 183 Å². The monoisotopic (exact) mass is 449 g/mol. The van der Waals surface area contributed by atoms with Crippen LogP contribution in [-0.4, -0.2) is 38.7 Å². The second kappa shape index (κ2) is 8.53. The van der Waals surface area contributed by atoms with Gasteiger partial charge in [-0.05, 0) is 42.7 Å². The Morgan fingerprint density at radius 2 is 1.90 bits per heavy atom. The molecule has 3 N–H and O–H groups in total. The number of carbonyl (C=O) groups excluding carboxylic acids is 1. The minimum Gasteiger partial charge on any atom is -0.506 e. The third-order valence-electron chi connectivity index (χ3n) is 4.74. The highest BCUT2D eigenvalue weighted by Crippen LogP contribution is 2.40. The van der Waals surface area contributed by atoms with Crippen LogP contribution in [0.5, 0.6) is 5.75 Å². The van der Waals surface area contributed by atoms with Crippen molar-refractivity contribution in [1.82, 2.24) is 14.9 Å². The third kappa shape index (κ3) is 4.08. The Kier molecular flexibility index (Phi) is 6.24. The van der Waals surface area contributed by atoms with Gasteiger partial charge >= 0.3 is 5.97 Å². The Hall–Kier alpha value is -2.77. The lowest BCUT2D eigenvalue weighted by Crippen LogP contribution is -2.22. The van der Waals surface area contributed by atoms with Gasteiger partial charge in [-0.3, -0.25) is 4.79 Å². The molecule has 1 atom stereocenters. The summed E-state index contributed by atoms with van der Waals surface area (Å²) in [5.41, 5.74) is 1.52. The molecule has 0 fully saturated rings. The Bertz CT molecular complexity index is 1140. The molecule has 3 rings (SSSR count). The lowest BCUT2D eigenvalue weighted by atomic mass is 10.0. The number of aromatic nitrogens is 2. The summed E-state index contributed by atoms with van der Waals surface area (Å²) >= 11 is 12.2. The van der Waals surface area contributed by atoms with Crippen LogP contribution in [0.15, 0.2) is 30.3 Å². The van der Waals surface area contributed by atoms with Crippen LogP contribution in [0, 0.1) is 5.92 Å². The van der Waals surface area contributed by atoms with Crippen LogP contribution in [0.25, 0.3) is 22.4 Å². The highest BCUT2D eigenvalue weighted by molar-refractivity contribution is 6.36. The second-order valence-corrected chi connectivity index (χ2v) is 8.20. The van der Waals surface area contributed by atoms with Crippen LogP contribution in [0.3, 0.4) is 0 Å². The van der Waals surface area contributed by atoms with Crippen molar-refractivity contribution in [3.05, 3.63) is 45.9 Å². The number of phenols is 1. The van der Waals surface area contributed by atoms with Crippen LogP contribution in [0.1, 0.15) is 36.7 Å². The van der Waals surface area contributed by atoms with E-state index in [9.17, 15) is 19.8 Å². The summed E-state index contributed by atoms with van der Waals surface area (Å²) in [6.07, 6.45) is 0.333. The van der Waals surface area contributed by atoms with Crippen molar-refractivity contribution in [3.63, 3.8) is 0 Å². The molecule has 0 aliphatic carbocycles. The van der Waals surface area contributed by atoms with Crippen molar-refractivity contribution in [2.75, 3.05) is 7.05 Å². The maximum absolute atomic E-state index is 12.2. The van der Waals surface area contributed by atoms with E-state index in [1.165, 1.54) is 19.2 Å². The van der Waals surface area contributed by atoms with Gasteiger partial charge in [0.15, 0.2) is 0 Å².